The zero-order chi connectivity index (χ0) is 18.0. The molecule has 138 valence electrons. The molecular weight excluding hydrogens is 342 g/mol. The highest BCUT2D eigenvalue weighted by Gasteiger charge is 2.32. The first-order valence-corrected chi connectivity index (χ1v) is 10.5. The summed E-state index contributed by atoms with van der Waals surface area (Å²) >= 11 is 0. The Balaban J connectivity index is 1.82. The molecule has 0 aliphatic carbocycles. The van der Waals surface area contributed by atoms with Gasteiger partial charge in [-0.05, 0) is 20.3 Å². The van der Waals surface area contributed by atoms with Crippen LogP contribution in [0.5, 0.6) is 0 Å². The lowest BCUT2D eigenvalue weighted by Crippen LogP contribution is -2.46. The summed E-state index contributed by atoms with van der Waals surface area (Å²) in [7, 11) is -2.94. The maximum atomic E-state index is 11.8. The zero-order valence-corrected chi connectivity index (χ0v) is 15.6. The number of amides is 1. The molecule has 2 aliphatic heterocycles. The van der Waals surface area contributed by atoms with E-state index in [0.29, 0.717) is 45.1 Å². The van der Waals surface area contributed by atoms with Gasteiger partial charge in [0.05, 0.1) is 11.5 Å². The number of sulfone groups is 1. The summed E-state index contributed by atoms with van der Waals surface area (Å²) < 4.78 is 23.7. The van der Waals surface area contributed by atoms with Crippen molar-refractivity contribution in [3.63, 3.8) is 0 Å². The predicted octanol–water partition coefficient (Wildman–Crippen LogP) is 0.0768. The molecule has 9 heteroatoms. The van der Waals surface area contributed by atoms with Crippen LogP contribution in [0.25, 0.3) is 0 Å². The van der Waals surface area contributed by atoms with Crippen LogP contribution in [0.3, 0.4) is 0 Å². The zero-order valence-electron chi connectivity index (χ0n) is 14.8. The number of anilines is 2. The van der Waals surface area contributed by atoms with Crippen molar-refractivity contribution in [2.75, 3.05) is 54.0 Å². The first-order valence-electron chi connectivity index (χ1n) is 8.69. The van der Waals surface area contributed by atoms with Gasteiger partial charge in [0.2, 0.25) is 12.4 Å². The predicted molar refractivity (Wildman–Crippen MR) is 96.7 cm³/mol. The third kappa shape index (κ3) is 4.02. The van der Waals surface area contributed by atoms with Crippen LogP contribution in [-0.4, -0.2) is 80.0 Å². The molecule has 0 bridgehead atoms. The Kier molecular flexibility index (Phi) is 5.12. The molecule has 2 aliphatic rings. The number of carbonyl (C=O) groups is 1. The largest absolute Gasteiger partial charge is 0.353 e. The second-order valence-electron chi connectivity index (χ2n) is 6.64. The fraction of sp³-hybridized carbons (Fsp3) is 0.688. The van der Waals surface area contributed by atoms with Crippen molar-refractivity contribution in [3.8, 4) is 0 Å². The Hall–Kier alpha value is -1.90. The van der Waals surface area contributed by atoms with E-state index in [1.807, 2.05) is 19.9 Å². The van der Waals surface area contributed by atoms with E-state index in [-0.39, 0.29) is 17.5 Å². The number of piperazine rings is 1. The molecule has 2 saturated heterocycles. The summed E-state index contributed by atoms with van der Waals surface area (Å²) in [6.45, 7) is 7.37. The summed E-state index contributed by atoms with van der Waals surface area (Å²) in [5.74, 6) is 1.88. The molecule has 0 spiro atoms. The molecule has 3 heterocycles. The number of aromatic nitrogens is 2. The molecular formula is C16H25N5O3S. The van der Waals surface area contributed by atoms with E-state index in [4.69, 9.17) is 4.98 Å². The van der Waals surface area contributed by atoms with Crippen LogP contribution in [0.4, 0.5) is 11.8 Å². The van der Waals surface area contributed by atoms with E-state index >= 15 is 0 Å². The number of hydrogen-bond donors (Lipinski definition) is 0. The van der Waals surface area contributed by atoms with E-state index in [9.17, 15) is 13.2 Å². The van der Waals surface area contributed by atoms with Crippen molar-refractivity contribution in [3.05, 3.63) is 11.8 Å². The number of carbonyl (C=O) groups excluding carboxylic acids is 1. The van der Waals surface area contributed by atoms with Crippen molar-refractivity contribution in [1.29, 1.82) is 0 Å². The lowest BCUT2D eigenvalue weighted by atomic mass is 10.2. The smallest absolute Gasteiger partial charge is 0.227 e. The van der Waals surface area contributed by atoms with Crippen LogP contribution < -0.4 is 9.80 Å². The van der Waals surface area contributed by atoms with Gasteiger partial charge in [-0.2, -0.15) is 4.98 Å². The monoisotopic (exact) mass is 367 g/mol. The molecule has 0 radical (unpaired) electrons. The highest BCUT2D eigenvalue weighted by atomic mass is 32.2. The minimum Gasteiger partial charge on any atom is -0.353 e. The van der Waals surface area contributed by atoms with Crippen molar-refractivity contribution in [2.45, 2.75) is 26.3 Å². The van der Waals surface area contributed by atoms with E-state index in [1.165, 1.54) is 0 Å². The standard InChI is InChI=1S/C16H25N5O3S/c1-3-21(14-4-9-25(23,24)11-14)15-10-13(2)17-16(18-15)20-7-5-19(12-22)6-8-20/h10,12,14H,3-9,11H2,1-2H3. The third-order valence-electron chi connectivity index (χ3n) is 4.86. The van der Waals surface area contributed by atoms with Crippen LogP contribution in [0, 0.1) is 6.92 Å². The van der Waals surface area contributed by atoms with E-state index < -0.39 is 9.84 Å². The molecule has 1 atom stereocenters. The molecule has 3 rings (SSSR count). The summed E-state index contributed by atoms with van der Waals surface area (Å²) in [5.41, 5.74) is 0.858. The molecule has 25 heavy (non-hydrogen) atoms. The SMILES string of the molecule is CCN(c1cc(C)nc(N2CCN(C=O)CC2)n1)C1CCS(=O)(=O)C1. The van der Waals surface area contributed by atoms with Gasteiger partial charge in [-0.25, -0.2) is 13.4 Å². The topological polar surface area (TPSA) is 86.7 Å². The Bertz CT molecular complexity index is 731. The maximum Gasteiger partial charge on any atom is 0.227 e. The molecule has 1 unspecified atom stereocenters. The molecule has 8 nitrogen and oxygen atoms in total. The van der Waals surface area contributed by atoms with Gasteiger partial charge in [0.25, 0.3) is 0 Å². The van der Waals surface area contributed by atoms with Gasteiger partial charge in [0.1, 0.15) is 5.82 Å². The lowest BCUT2D eigenvalue weighted by molar-refractivity contribution is -0.118. The van der Waals surface area contributed by atoms with E-state index in [1.54, 1.807) is 4.90 Å². The van der Waals surface area contributed by atoms with Crippen LogP contribution >= 0.6 is 0 Å². The first kappa shape index (κ1) is 17.9. The average Bonchev–Trinajstić information content (AvgIpc) is 2.95. The number of rotatable bonds is 5. The second-order valence-corrected chi connectivity index (χ2v) is 8.87. The molecule has 1 aromatic rings. The van der Waals surface area contributed by atoms with Gasteiger partial charge in [-0.3, -0.25) is 4.79 Å². The average molecular weight is 367 g/mol. The van der Waals surface area contributed by atoms with Gasteiger partial charge in [0, 0.05) is 50.5 Å². The summed E-state index contributed by atoms with van der Waals surface area (Å²) in [6, 6.07) is 1.89. The van der Waals surface area contributed by atoms with Gasteiger partial charge >= 0.3 is 0 Å². The fourth-order valence-electron chi connectivity index (χ4n) is 3.48. The van der Waals surface area contributed by atoms with Gasteiger partial charge in [-0.15, -0.1) is 0 Å². The second kappa shape index (κ2) is 7.15. The molecule has 1 amide bonds. The minimum atomic E-state index is -2.94. The number of hydrogen-bond acceptors (Lipinski definition) is 7. The van der Waals surface area contributed by atoms with Crippen LogP contribution in [0.15, 0.2) is 6.07 Å². The summed E-state index contributed by atoms with van der Waals surface area (Å²) in [5, 5.41) is 0. The Morgan fingerprint density at radius 1 is 1.28 bits per heavy atom. The van der Waals surface area contributed by atoms with Crippen LogP contribution in [0.1, 0.15) is 19.0 Å². The van der Waals surface area contributed by atoms with Gasteiger partial charge < -0.3 is 14.7 Å². The van der Waals surface area contributed by atoms with Crippen molar-refractivity contribution < 1.29 is 13.2 Å². The molecule has 2 fully saturated rings. The lowest BCUT2D eigenvalue weighted by Gasteiger charge is -2.34. The van der Waals surface area contributed by atoms with Gasteiger partial charge in [0.15, 0.2) is 9.84 Å². The first-order chi connectivity index (χ1) is 11.9. The highest BCUT2D eigenvalue weighted by molar-refractivity contribution is 7.91. The van der Waals surface area contributed by atoms with E-state index in [2.05, 4.69) is 14.8 Å². The highest BCUT2D eigenvalue weighted by Crippen LogP contribution is 2.25. The quantitative estimate of drug-likeness (QED) is 0.681. The Morgan fingerprint density at radius 2 is 2.00 bits per heavy atom. The van der Waals surface area contributed by atoms with Crippen molar-refractivity contribution in [2.24, 2.45) is 0 Å². The van der Waals surface area contributed by atoms with Crippen LogP contribution in [-0.2, 0) is 14.6 Å². The Labute approximate surface area is 148 Å². The molecule has 0 N–H and O–H groups in total. The number of nitrogens with zero attached hydrogens (tertiary/aromatic N) is 5. The minimum absolute atomic E-state index is 0.0240. The Morgan fingerprint density at radius 3 is 2.56 bits per heavy atom. The molecule has 0 aromatic carbocycles. The van der Waals surface area contributed by atoms with Crippen molar-refractivity contribution in [1.82, 2.24) is 14.9 Å². The fourth-order valence-corrected chi connectivity index (χ4v) is 5.21. The van der Waals surface area contributed by atoms with Gasteiger partial charge in [-0.1, -0.05) is 0 Å². The summed E-state index contributed by atoms with van der Waals surface area (Å²) in [4.78, 5) is 26.0. The van der Waals surface area contributed by atoms with Crippen LogP contribution in [0.2, 0.25) is 0 Å². The van der Waals surface area contributed by atoms with Crippen molar-refractivity contribution >= 4 is 28.0 Å². The maximum absolute atomic E-state index is 11.8. The number of aryl methyl sites for hydroxylation is 1. The molecule has 0 saturated carbocycles. The molecule has 1 aromatic heterocycles. The van der Waals surface area contributed by atoms with E-state index in [0.717, 1.165) is 17.9 Å². The third-order valence-corrected chi connectivity index (χ3v) is 6.61. The normalized spacial score (nSPS) is 22.9. The summed E-state index contributed by atoms with van der Waals surface area (Å²) in [6.07, 6.45) is 1.52.